The molecule has 0 unspecified atom stereocenters. The summed E-state index contributed by atoms with van der Waals surface area (Å²) in [5.41, 5.74) is 9.42. The molecule has 0 aliphatic carbocycles. The molecule has 1 aromatic heterocycles. The van der Waals surface area contributed by atoms with Crippen LogP contribution in [0, 0.1) is 18.4 Å². The Bertz CT molecular complexity index is 688. The third-order valence-electron chi connectivity index (χ3n) is 5.16. The molecule has 2 aromatic rings. The van der Waals surface area contributed by atoms with E-state index in [2.05, 4.69) is 89.2 Å². The highest BCUT2D eigenvalue weighted by atomic mass is 28.3. The quantitative estimate of drug-likeness (QED) is 0.525. The highest BCUT2D eigenvalue weighted by Gasteiger charge is 2.41. The molecule has 0 spiro atoms. The number of benzene rings is 1. The van der Waals surface area contributed by atoms with Gasteiger partial charge in [0.05, 0.1) is 5.56 Å². The minimum absolute atomic E-state index is 0.672. The van der Waals surface area contributed by atoms with Crippen LogP contribution in [0.25, 0.3) is 10.9 Å². The number of aryl methyl sites for hydroxylation is 1. The number of hydrogen-bond donors (Lipinski definition) is 1. The van der Waals surface area contributed by atoms with Crippen LogP contribution in [0.4, 0.5) is 0 Å². The van der Waals surface area contributed by atoms with Crippen molar-refractivity contribution in [1.29, 1.82) is 0 Å². The van der Waals surface area contributed by atoms with Gasteiger partial charge < -0.3 is 4.98 Å². The van der Waals surface area contributed by atoms with Gasteiger partial charge in [-0.05, 0) is 29.6 Å². The summed E-state index contributed by atoms with van der Waals surface area (Å²) in [4.78, 5) is 3.46. The second-order valence-electron chi connectivity index (χ2n) is 7.32. The fraction of sp³-hybridized carbons (Fsp3) is 0.500. The van der Waals surface area contributed by atoms with Crippen LogP contribution in [-0.4, -0.2) is 13.1 Å². The topological polar surface area (TPSA) is 15.8 Å². The van der Waals surface area contributed by atoms with Crippen molar-refractivity contribution >= 4 is 19.0 Å². The van der Waals surface area contributed by atoms with E-state index in [1.54, 1.807) is 0 Å². The zero-order valence-electron chi connectivity index (χ0n) is 15.0. The van der Waals surface area contributed by atoms with Crippen LogP contribution in [0.5, 0.6) is 0 Å². The number of aromatic amines is 1. The first-order chi connectivity index (χ1) is 10.3. The Kier molecular flexibility index (Phi) is 4.87. The normalized spacial score (nSPS) is 12.3. The highest BCUT2D eigenvalue weighted by molar-refractivity contribution is 6.90. The van der Waals surface area contributed by atoms with Gasteiger partial charge in [-0.15, -0.1) is 5.54 Å². The number of nitrogens with one attached hydrogen (secondary N) is 1. The molecule has 0 saturated heterocycles. The largest absolute Gasteiger partial charge is 0.358 e. The van der Waals surface area contributed by atoms with E-state index in [1.807, 2.05) is 0 Å². The fourth-order valence-corrected chi connectivity index (χ4v) is 9.25. The van der Waals surface area contributed by atoms with Crippen molar-refractivity contribution in [3.05, 3.63) is 35.5 Å². The van der Waals surface area contributed by atoms with Gasteiger partial charge in [0.1, 0.15) is 8.07 Å². The maximum atomic E-state index is 3.84. The van der Waals surface area contributed by atoms with Crippen LogP contribution in [0.15, 0.2) is 24.3 Å². The van der Waals surface area contributed by atoms with E-state index in [-0.39, 0.29) is 0 Å². The summed E-state index contributed by atoms with van der Waals surface area (Å²) in [6.07, 6.45) is 0. The van der Waals surface area contributed by atoms with Crippen LogP contribution in [-0.2, 0) is 0 Å². The van der Waals surface area contributed by atoms with Crippen LogP contribution in [0.3, 0.4) is 0 Å². The zero-order chi connectivity index (χ0) is 16.5. The van der Waals surface area contributed by atoms with Crippen LogP contribution in [0.1, 0.15) is 52.8 Å². The number of fused-ring (bicyclic) bond motifs is 1. The molecule has 0 bridgehead atoms. The van der Waals surface area contributed by atoms with Crippen molar-refractivity contribution in [2.45, 2.75) is 65.1 Å². The predicted molar refractivity (Wildman–Crippen MR) is 101 cm³/mol. The molecule has 0 fully saturated rings. The van der Waals surface area contributed by atoms with Crippen LogP contribution < -0.4 is 0 Å². The number of H-pyrrole nitrogens is 1. The Balaban J connectivity index is 2.60. The van der Waals surface area contributed by atoms with Gasteiger partial charge in [0.25, 0.3) is 0 Å². The van der Waals surface area contributed by atoms with Crippen molar-refractivity contribution in [2.75, 3.05) is 0 Å². The second-order valence-corrected chi connectivity index (χ2v) is 12.9. The molecule has 1 aromatic carbocycles. The minimum Gasteiger partial charge on any atom is -0.358 e. The van der Waals surface area contributed by atoms with Crippen LogP contribution >= 0.6 is 0 Å². The number of aromatic nitrogens is 1. The standard InChI is InChI=1S/C20H29NSi/c1-14(2)22(15(3)4,16(5)6)13-12-18-17(7)21-20-11-9-8-10-19(18)20/h8-11,14-16,21H,1-7H3. The summed E-state index contributed by atoms with van der Waals surface area (Å²) in [6.45, 7) is 16.3. The molecule has 2 rings (SSSR count). The van der Waals surface area contributed by atoms with Crippen molar-refractivity contribution in [2.24, 2.45) is 0 Å². The third-order valence-corrected chi connectivity index (χ3v) is 11.5. The zero-order valence-corrected chi connectivity index (χ0v) is 16.0. The SMILES string of the molecule is Cc1[nH]c2ccccc2c1C#C[Si](C(C)C)(C(C)C)C(C)C. The van der Waals surface area contributed by atoms with E-state index in [1.165, 1.54) is 22.2 Å². The highest BCUT2D eigenvalue weighted by Crippen LogP contribution is 2.40. The van der Waals surface area contributed by atoms with Crippen LogP contribution in [0.2, 0.25) is 16.6 Å². The molecule has 0 aliphatic heterocycles. The van der Waals surface area contributed by atoms with E-state index >= 15 is 0 Å². The number of rotatable bonds is 3. The van der Waals surface area contributed by atoms with E-state index < -0.39 is 8.07 Å². The van der Waals surface area contributed by atoms with Crippen molar-refractivity contribution in [1.82, 2.24) is 4.98 Å². The van der Waals surface area contributed by atoms with Gasteiger partial charge in [0, 0.05) is 16.6 Å². The van der Waals surface area contributed by atoms with Crippen molar-refractivity contribution < 1.29 is 0 Å². The van der Waals surface area contributed by atoms with Gasteiger partial charge in [-0.1, -0.05) is 65.7 Å². The van der Waals surface area contributed by atoms with E-state index in [9.17, 15) is 0 Å². The Morgan fingerprint density at radius 2 is 1.45 bits per heavy atom. The first-order valence-corrected chi connectivity index (χ1v) is 10.6. The van der Waals surface area contributed by atoms with Gasteiger partial charge >= 0.3 is 0 Å². The molecule has 0 saturated carbocycles. The lowest BCUT2D eigenvalue weighted by Crippen LogP contribution is -2.43. The van der Waals surface area contributed by atoms with Gasteiger partial charge in [-0.2, -0.15) is 0 Å². The Labute approximate surface area is 136 Å². The Morgan fingerprint density at radius 3 is 2.00 bits per heavy atom. The average Bonchev–Trinajstić information content (AvgIpc) is 2.74. The molecule has 0 atom stereocenters. The summed E-state index contributed by atoms with van der Waals surface area (Å²) < 4.78 is 0. The molecule has 1 heterocycles. The molecule has 0 amide bonds. The second kappa shape index (κ2) is 6.34. The Morgan fingerprint density at radius 1 is 0.909 bits per heavy atom. The van der Waals surface area contributed by atoms with Gasteiger partial charge in [-0.3, -0.25) is 0 Å². The average molecular weight is 312 g/mol. The summed E-state index contributed by atoms with van der Waals surface area (Å²) >= 11 is 0. The summed E-state index contributed by atoms with van der Waals surface area (Å²) in [5, 5.41) is 1.26. The van der Waals surface area contributed by atoms with E-state index in [0.717, 1.165) is 0 Å². The molecule has 118 valence electrons. The van der Waals surface area contributed by atoms with Crippen molar-refractivity contribution in [3.63, 3.8) is 0 Å². The minimum atomic E-state index is -1.67. The van der Waals surface area contributed by atoms with Crippen molar-refractivity contribution in [3.8, 4) is 11.5 Å². The Hall–Kier alpha value is -1.46. The van der Waals surface area contributed by atoms with Gasteiger partial charge in [-0.25, -0.2) is 0 Å². The van der Waals surface area contributed by atoms with E-state index in [0.29, 0.717) is 16.6 Å². The molecular weight excluding hydrogens is 282 g/mol. The monoisotopic (exact) mass is 311 g/mol. The van der Waals surface area contributed by atoms with Gasteiger partial charge in [0.2, 0.25) is 0 Å². The molecule has 1 N–H and O–H groups in total. The number of para-hydroxylation sites is 1. The molecule has 2 heteroatoms. The third kappa shape index (κ3) is 2.75. The smallest absolute Gasteiger partial charge is 0.146 e. The fourth-order valence-electron chi connectivity index (χ4n) is 4.04. The maximum absolute atomic E-state index is 3.84. The molecule has 0 radical (unpaired) electrons. The summed E-state index contributed by atoms with van der Waals surface area (Å²) in [5.74, 6) is 3.60. The lowest BCUT2D eigenvalue weighted by molar-refractivity contribution is 0.838. The first-order valence-electron chi connectivity index (χ1n) is 8.41. The number of hydrogen-bond acceptors (Lipinski definition) is 0. The molecular formula is C20H29NSi. The first kappa shape index (κ1) is 16.9. The summed E-state index contributed by atoms with van der Waals surface area (Å²) in [7, 11) is -1.67. The predicted octanol–water partition coefficient (Wildman–Crippen LogP) is 6.05. The maximum Gasteiger partial charge on any atom is 0.146 e. The lowest BCUT2D eigenvalue weighted by Gasteiger charge is -2.38. The van der Waals surface area contributed by atoms with E-state index in [4.69, 9.17) is 0 Å². The lowest BCUT2D eigenvalue weighted by atomic mass is 10.1. The summed E-state index contributed by atoms with van der Waals surface area (Å²) in [6, 6.07) is 8.47. The molecule has 0 aliphatic rings. The van der Waals surface area contributed by atoms with Gasteiger partial charge in [0.15, 0.2) is 0 Å². The molecule has 1 nitrogen and oxygen atoms in total. The molecule has 22 heavy (non-hydrogen) atoms.